The van der Waals surface area contributed by atoms with Crippen molar-refractivity contribution in [2.24, 2.45) is 5.73 Å². The van der Waals surface area contributed by atoms with E-state index in [-0.39, 0.29) is 0 Å². The van der Waals surface area contributed by atoms with Crippen LogP contribution < -0.4 is 11.1 Å². The Bertz CT molecular complexity index is 306. The first-order valence-corrected chi connectivity index (χ1v) is 4.34. The normalized spacial score (nSPS) is 11.4. The summed E-state index contributed by atoms with van der Waals surface area (Å²) < 4.78 is 25.4. The Morgan fingerprint density at radius 1 is 1.57 bits per heavy atom. The minimum absolute atomic E-state index is 0.306. The Kier molecular flexibility index (Phi) is 3.60. The molecule has 0 aliphatic carbocycles. The molecule has 0 fully saturated rings. The summed E-state index contributed by atoms with van der Waals surface area (Å²) in [5.41, 5.74) is 5.30. The summed E-state index contributed by atoms with van der Waals surface area (Å²) in [7, 11) is 0. The molecule has 1 rings (SSSR count). The van der Waals surface area contributed by atoms with Crippen LogP contribution in [0.4, 0.5) is 14.5 Å². The fourth-order valence-electron chi connectivity index (χ4n) is 0.815. The number of halogens is 3. The molecule has 78 valence electrons. The molecule has 0 aromatic carbocycles. The van der Waals surface area contributed by atoms with Crippen molar-refractivity contribution in [3.05, 3.63) is 23.5 Å². The Hall–Kier alpha value is -0.940. The van der Waals surface area contributed by atoms with Crippen LogP contribution in [-0.2, 0) is 0 Å². The lowest BCUT2D eigenvalue weighted by Crippen LogP contribution is -2.35. The van der Waals surface area contributed by atoms with E-state index < -0.39 is 19.0 Å². The van der Waals surface area contributed by atoms with Crippen LogP contribution in [0.15, 0.2) is 18.5 Å². The minimum atomic E-state index is -2.92. The van der Waals surface area contributed by atoms with Gasteiger partial charge in [0, 0.05) is 12.4 Å². The second-order valence-electron chi connectivity index (χ2n) is 2.77. The van der Waals surface area contributed by atoms with Crippen LogP contribution in [0.2, 0.25) is 5.02 Å². The molecule has 0 spiro atoms. The van der Waals surface area contributed by atoms with E-state index in [1.54, 1.807) is 0 Å². The largest absolute Gasteiger partial charge is 0.378 e. The molecule has 0 aliphatic rings. The van der Waals surface area contributed by atoms with E-state index in [0.29, 0.717) is 10.7 Å². The van der Waals surface area contributed by atoms with Gasteiger partial charge in [0.2, 0.25) is 0 Å². The molecule has 0 amide bonds. The number of pyridine rings is 1. The third kappa shape index (κ3) is 3.08. The summed E-state index contributed by atoms with van der Waals surface area (Å²) in [5.74, 6) is -2.92. The molecule has 0 saturated carbocycles. The molecular formula is C8H10ClF2N3. The zero-order valence-corrected chi connectivity index (χ0v) is 8.06. The van der Waals surface area contributed by atoms with Crippen molar-refractivity contribution in [3.8, 4) is 0 Å². The Balaban J connectivity index is 2.58. The molecule has 0 bridgehead atoms. The van der Waals surface area contributed by atoms with Gasteiger partial charge in [0.15, 0.2) is 0 Å². The van der Waals surface area contributed by atoms with Crippen LogP contribution in [0.5, 0.6) is 0 Å². The summed E-state index contributed by atoms with van der Waals surface area (Å²) in [6, 6.07) is 1.52. The topological polar surface area (TPSA) is 50.9 Å². The van der Waals surface area contributed by atoms with Crippen molar-refractivity contribution in [3.63, 3.8) is 0 Å². The summed E-state index contributed by atoms with van der Waals surface area (Å²) >= 11 is 5.70. The third-order valence-electron chi connectivity index (χ3n) is 1.61. The molecule has 0 unspecified atom stereocenters. The molecule has 1 aromatic heterocycles. The van der Waals surface area contributed by atoms with Gasteiger partial charge in [0.05, 0.1) is 23.8 Å². The van der Waals surface area contributed by atoms with Gasteiger partial charge in [0.25, 0.3) is 5.92 Å². The minimum Gasteiger partial charge on any atom is -0.378 e. The predicted octanol–water partition coefficient (Wildman–Crippen LogP) is 1.74. The van der Waals surface area contributed by atoms with Gasteiger partial charge in [-0.2, -0.15) is 0 Å². The van der Waals surface area contributed by atoms with E-state index in [4.69, 9.17) is 17.3 Å². The standard InChI is InChI=1S/C8H10ClF2N3/c9-6-3-13-2-1-7(6)14-5-8(10,11)4-12/h1-3H,4-5,12H2,(H,13,14). The van der Waals surface area contributed by atoms with Crippen molar-refractivity contribution < 1.29 is 8.78 Å². The number of alkyl halides is 2. The van der Waals surface area contributed by atoms with Crippen LogP contribution in [0, 0.1) is 0 Å². The van der Waals surface area contributed by atoms with Gasteiger partial charge in [-0.3, -0.25) is 4.98 Å². The van der Waals surface area contributed by atoms with Gasteiger partial charge in [0.1, 0.15) is 0 Å². The van der Waals surface area contributed by atoms with E-state index >= 15 is 0 Å². The number of rotatable bonds is 4. The molecule has 3 nitrogen and oxygen atoms in total. The monoisotopic (exact) mass is 221 g/mol. The van der Waals surface area contributed by atoms with Crippen LogP contribution in [-0.4, -0.2) is 24.0 Å². The van der Waals surface area contributed by atoms with Crippen LogP contribution in [0.3, 0.4) is 0 Å². The lowest BCUT2D eigenvalue weighted by atomic mass is 10.3. The van der Waals surface area contributed by atoms with E-state index in [1.807, 2.05) is 0 Å². The first-order valence-electron chi connectivity index (χ1n) is 3.96. The number of hydrogen-bond acceptors (Lipinski definition) is 3. The summed E-state index contributed by atoms with van der Waals surface area (Å²) in [4.78, 5) is 3.73. The first-order chi connectivity index (χ1) is 6.55. The van der Waals surface area contributed by atoms with Gasteiger partial charge in [-0.1, -0.05) is 11.6 Å². The van der Waals surface area contributed by atoms with E-state index in [9.17, 15) is 8.78 Å². The quantitative estimate of drug-likeness (QED) is 0.814. The smallest absolute Gasteiger partial charge is 0.276 e. The first kappa shape index (κ1) is 11.1. The van der Waals surface area contributed by atoms with Crippen molar-refractivity contribution in [1.82, 2.24) is 4.98 Å². The van der Waals surface area contributed by atoms with Crippen LogP contribution >= 0.6 is 11.6 Å². The maximum absolute atomic E-state index is 12.7. The highest BCUT2D eigenvalue weighted by molar-refractivity contribution is 6.33. The SMILES string of the molecule is NCC(F)(F)CNc1ccncc1Cl. The van der Waals surface area contributed by atoms with Crippen LogP contribution in [0.25, 0.3) is 0 Å². The number of aromatic nitrogens is 1. The molecule has 14 heavy (non-hydrogen) atoms. The van der Waals surface area contributed by atoms with E-state index in [0.717, 1.165) is 0 Å². The van der Waals surface area contributed by atoms with Gasteiger partial charge in [-0.25, -0.2) is 8.78 Å². The van der Waals surface area contributed by atoms with E-state index in [2.05, 4.69) is 10.3 Å². The van der Waals surface area contributed by atoms with E-state index in [1.165, 1.54) is 18.5 Å². The number of nitrogens with zero attached hydrogens (tertiary/aromatic N) is 1. The van der Waals surface area contributed by atoms with Crippen LogP contribution in [0.1, 0.15) is 0 Å². The predicted molar refractivity (Wildman–Crippen MR) is 51.7 cm³/mol. The Morgan fingerprint density at radius 2 is 2.29 bits per heavy atom. The fraction of sp³-hybridized carbons (Fsp3) is 0.375. The Morgan fingerprint density at radius 3 is 2.86 bits per heavy atom. The Labute approximate surface area is 85.3 Å². The molecule has 0 aliphatic heterocycles. The molecule has 0 saturated heterocycles. The number of nitrogens with two attached hydrogens (primary N) is 1. The van der Waals surface area contributed by atoms with Gasteiger partial charge in [-0.15, -0.1) is 0 Å². The summed E-state index contributed by atoms with van der Waals surface area (Å²) in [6.45, 7) is -1.23. The summed E-state index contributed by atoms with van der Waals surface area (Å²) in [6.07, 6.45) is 2.85. The highest BCUT2D eigenvalue weighted by Crippen LogP contribution is 2.21. The zero-order valence-electron chi connectivity index (χ0n) is 7.30. The number of nitrogens with one attached hydrogen (secondary N) is 1. The van der Waals surface area contributed by atoms with Crippen molar-refractivity contribution in [2.45, 2.75) is 5.92 Å². The molecule has 1 aromatic rings. The van der Waals surface area contributed by atoms with Crippen molar-refractivity contribution in [1.29, 1.82) is 0 Å². The number of hydrogen-bond donors (Lipinski definition) is 2. The molecule has 0 atom stereocenters. The highest BCUT2D eigenvalue weighted by Gasteiger charge is 2.26. The van der Waals surface area contributed by atoms with Gasteiger partial charge < -0.3 is 11.1 Å². The molecule has 0 radical (unpaired) electrons. The number of anilines is 1. The average Bonchev–Trinajstić information content (AvgIpc) is 2.17. The maximum atomic E-state index is 12.7. The molecule has 6 heteroatoms. The lowest BCUT2D eigenvalue weighted by Gasteiger charge is -2.15. The second kappa shape index (κ2) is 4.52. The molecule has 3 N–H and O–H groups in total. The van der Waals surface area contributed by atoms with Gasteiger partial charge in [-0.05, 0) is 6.07 Å². The zero-order chi connectivity index (χ0) is 10.6. The maximum Gasteiger partial charge on any atom is 0.276 e. The third-order valence-corrected chi connectivity index (χ3v) is 1.91. The lowest BCUT2D eigenvalue weighted by molar-refractivity contribution is 0.0254. The second-order valence-corrected chi connectivity index (χ2v) is 3.18. The highest BCUT2D eigenvalue weighted by atomic mass is 35.5. The molecular weight excluding hydrogens is 212 g/mol. The van der Waals surface area contributed by atoms with Crippen molar-refractivity contribution in [2.75, 3.05) is 18.4 Å². The van der Waals surface area contributed by atoms with Crippen molar-refractivity contribution >= 4 is 17.3 Å². The van der Waals surface area contributed by atoms with Gasteiger partial charge >= 0.3 is 0 Å². The fourth-order valence-corrected chi connectivity index (χ4v) is 1.00. The average molecular weight is 222 g/mol. The molecule has 1 heterocycles. The summed E-state index contributed by atoms with van der Waals surface area (Å²) in [5, 5.41) is 2.81.